The van der Waals surface area contributed by atoms with Crippen molar-refractivity contribution >= 4 is 27.1 Å². The van der Waals surface area contributed by atoms with Crippen LogP contribution < -0.4 is 11.5 Å². The molecule has 0 atom stereocenters. The fourth-order valence-electron chi connectivity index (χ4n) is 7.58. The standard InChI is InChI=1S/C43H33N.CH5N/c1-3-5-14-34(44)22-21-28(4-2)31-19-20-32-25-38-37-24-29-12-6-7-13-30(29)26-41(37)43(42(38)27-33(32)23-31)39-17-10-8-15-35(39)36-16-9-11-18-40(36)43;1-2/h3-21,23-27H,2,22,44H2,1H3;2H2,1H3/b5-3-,28-21+,34-14-;. The second-order valence-electron chi connectivity index (χ2n) is 11.9. The maximum atomic E-state index is 6.25. The van der Waals surface area contributed by atoms with Crippen molar-refractivity contribution in [3.63, 3.8) is 0 Å². The number of allylic oxidation sites excluding steroid dienone is 6. The Morgan fingerprint density at radius 1 is 0.630 bits per heavy atom. The van der Waals surface area contributed by atoms with Gasteiger partial charge in [0.1, 0.15) is 0 Å². The van der Waals surface area contributed by atoms with Crippen LogP contribution in [-0.4, -0.2) is 7.05 Å². The summed E-state index contributed by atoms with van der Waals surface area (Å²) >= 11 is 0. The second-order valence-corrected chi connectivity index (χ2v) is 11.9. The number of hydrogen-bond acceptors (Lipinski definition) is 2. The first kappa shape index (κ1) is 29.3. The van der Waals surface area contributed by atoms with Gasteiger partial charge in [-0.2, -0.15) is 0 Å². The minimum absolute atomic E-state index is 0.380. The molecular weight excluding hydrogens is 556 g/mol. The number of hydrogen-bond donors (Lipinski definition) is 2. The van der Waals surface area contributed by atoms with Crippen LogP contribution in [0.2, 0.25) is 0 Å². The fraction of sp³-hybridized carbons (Fsp3) is 0.0909. The molecule has 0 amide bonds. The number of rotatable bonds is 5. The molecule has 2 nitrogen and oxygen atoms in total. The van der Waals surface area contributed by atoms with Gasteiger partial charge in [-0.3, -0.25) is 0 Å². The molecule has 0 heterocycles. The van der Waals surface area contributed by atoms with Gasteiger partial charge in [-0.05, 0) is 128 Å². The number of fused-ring (bicyclic) bond motifs is 12. The van der Waals surface area contributed by atoms with Crippen molar-refractivity contribution in [1.82, 2.24) is 0 Å². The van der Waals surface area contributed by atoms with Gasteiger partial charge in [0, 0.05) is 12.1 Å². The predicted molar refractivity (Wildman–Crippen MR) is 198 cm³/mol. The summed E-state index contributed by atoms with van der Waals surface area (Å²) in [4.78, 5) is 0. The molecule has 46 heavy (non-hydrogen) atoms. The van der Waals surface area contributed by atoms with Crippen LogP contribution in [0.1, 0.15) is 41.2 Å². The highest BCUT2D eigenvalue weighted by Crippen LogP contribution is 2.63. The Bertz CT molecular complexity index is 2200. The zero-order valence-electron chi connectivity index (χ0n) is 26.4. The molecule has 0 bridgehead atoms. The van der Waals surface area contributed by atoms with E-state index in [0.29, 0.717) is 6.42 Å². The Morgan fingerprint density at radius 3 is 1.78 bits per heavy atom. The Morgan fingerprint density at radius 2 is 1.17 bits per heavy atom. The topological polar surface area (TPSA) is 52.0 Å². The van der Waals surface area contributed by atoms with Crippen LogP contribution >= 0.6 is 0 Å². The third kappa shape index (κ3) is 4.37. The molecule has 4 N–H and O–H groups in total. The van der Waals surface area contributed by atoms with Crippen LogP contribution in [0, 0.1) is 0 Å². The highest BCUT2D eigenvalue weighted by molar-refractivity contribution is 6.03. The van der Waals surface area contributed by atoms with Crippen molar-refractivity contribution in [2.75, 3.05) is 7.05 Å². The summed E-state index contributed by atoms with van der Waals surface area (Å²) in [7, 11) is 1.50. The van der Waals surface area contributed by atoms with E-state index < -0.39 is 0 Å². The molecule has 6 aromatic rings. The van der Waals surface area contributed by atoms with Gasteiger partial charge in [-0.15, -0.1) is 0 Å². The van der Waals surface area contributed by atoms with Crippen molar-refractivity contribution in [3.05, 3.63) is 186 Å². The Hall–Kier alpha value is -5.44. The van der Waals surface area contributed by atoms with E-state index >= 15 is 0 Å². The third-order valence-corrected chi connectivity index (χ3v) is 9.53. The molecule has 8 rings (SSSR count). The van der Waals surface area contributed by atoms with Crippen molar-refractivity contribution in [1.29, 1.82) is 0 Å². The largest absolute Gasteiger partial charge is 0.402 e. The first-order valence-corrected chi connectivity index (χ1v) is 15.9. The lowest BCUT2D eigenvalue weighted by Gasteiger charge is -2.30. The normalized spacial score (nSPS) is 14.2. The fourth-order valence-corrected chi connectivity index (χ4v) is 7.58. The molecule has 0 saturated heterocycles. The van der Waals surface area contributed by atoms with Gasteiger partial charge in [0.15, 0.2) is 0 Å². The molecule has 224 valence electrons. The quantitative estimate of drug-likeness (QED) is 0.195. The van der Waals surface area contributed by atoms with Gasteiger partial charge < -0.3 is 11.5 Å². The highest BCUT2D eigenvalue weighted by Gasteiger charge is 2.51. The Balaban J connectivity index is 0.00000166. The molecule has 2 aliphatic rings. The highest BCUT2D eigenvalue weighted by atomic mass is 14.6. The van der Waals surface area contributed by atoms with Crippen molar-refractivity contribution in [2.45, 2.75) is 18.8 Å². The molecule has 1 spiro atoms. The monoisotopic (exact) mass is 594 g/mol. The summed E-state index contributed by atoms with van der Waals surface area (Å²) in [6.45, 7) is 6.13. The molecule has 0 saturated carbocycles. The molecule has 2 heteroatoms. The lowest BCUT2D eigenvalue weighted by molar-refractivity contribution is 0.796. The van der Waals surface area contributed by atoms with Crippen LogP contribution in [-0.2, 0) is 5.41 Å². The SMILES string of the molecule is C=C/C(=C\C/C(N)=C/C=C\C)c1ccc2cc3c(cc2c1)C1(c2ccccc2-c2ccccc21)c1cc2ccccc2cc1-3.CN. The first-order chi connectivity index (χ1) is 22.6. The van der Waals surface area contributed by atoms with Gasteiger partial charge in [-0.1, -0.05) is 116 Å². The van der Waals surface area contributed by atoms with Gasteiger partial charge >= 0.3 is 0 Å². The van der Waals surface area contributed by atoms with E-state index in [2.05, 4.69) is 134 Å². The smallest absolute Gasteiger partial charge is 0.0725 e. The zero-order valence-corrected chi connectivity index (χ0v) is 26.4. The minimum Gasteiger partial charge on any atom is -0.402 e. The summed E-state index contributed by atoms with van der Waals surface area (Å²) in [6.07, 6.45) is 10.7. The van der Waals surface area contributed by atoms with E-state index in [9.17, 15) is 0 Å². The molecule has 0 aromatic heterocycles. The van der Waals surface area contributed by atoms with Gasteiger partial charge in [0.2, 0.25) is 0 Å². The molecule has 2 aliphatic carbocycles. The lowest BCUT2D eigenvalue weighted by Crippen LogP contribution is -2.25. The molecule has 0 aliphatic heterocycles. The number of nitrogens with two attached hydrogens (primary N) is 2. The van der Waals surface area contributed by atoms with E-state index in [1.54, 1.807) is 0 Å². The average molecular weight is 595 g/mol. The summed E-state index contributed by atoms with van der Waals surface area (Å²) in [5.74, 6) is 0. The van der Waals surface area contributed by atoms with E-state index in [1.807, 2.05) is 31.2 Å². The van der Waals surface area contributed by atoms with Crippen LogP contribution in [0.5, 0.6) is 0 Å². The Labute approximate surface area is 271 Å². The van der Waals surface area contributed by atoms with Gasteiger partial charge in [0.05, 0.1) is 5.41 Å². The van der Waals surface area contributed by atoms with Crippen LogP contribution in [0.3, 0.4) is 0 Å². The summed E-state index contributed by atoms with van der Waals surface area (Å²) in [5.41, 5.74) is 24.2. The van der Waals surface area contributed by atoms with E-state index in [4.69, 9.17) is 5.73 Å². The molecule has 0 fully saturated rings. The maximum absolute atomic E-state index is 6.25. The second kappa shape index (κ2) is 11.8. The molecule has 0 unspecified atom stereocenters. The zero-order chi connectivity index (χ0) is 31.8. The van der Waals surface area contributed by atoms with Gasteiger partial charge in [-0.25, -0.2) is 0 Å². The summed E-state index contributed by atoms with van der Waals surface area (Å²) < 4.78 is 0. The van der Waals surface area contributed by atoms with Crippen LogP contribution in [0.4, 0.5) is 0 Å². The van der Waals surface area contributed by atoms with E-state index in [1.165, 1.54) is 73.1 Å². The average Bonchev–Trinajstić information content (AvgIpc) is 3.56. The maximum Gasteiger partial charge on any atom is 0.0725 e. The lowest BCUT2D eigenvalue weighted by atomic mass is 9.70. The Kier molecular flexibility index (Phi) is 7.52. The van der Waals surface area contributed by atoms with Crippen molar-refractivity contribution in [2.24, 2.45) is 11.5 Å². The molecule has 6 aromatic carbocycles. The van der Waals surface area contributed by atoms with Crippen molar-refractivity contribution < 1.29 is 0 Å². The van der Waals surface area contributed by atoms with Gasteiger partial charge in [0.25, 0.3) is 0 Å². The first-order valence-electron chi connectivity index (χ1n) is 15.9. The van der Waals surface area contributed by atoms with E-state index in [0.717, 1.165) is 16.8 Å². The molecule has 0 radical (unpaired) electrons. The summed E-state index contributed by atoms with van der Waals surface area (Å²) in [5, 5.41) is 5.01. The minimum atomic E-state index is -0.380. The predicted octanol–water partition coefficient (Wildman–Crippen LogP) is 10.3. The van der Waals surface area contributed by atoms with E-state index in [-0.39, 0.29) is 5.41 Å². The third-order valence-electron chi connectivity index (χ3n) is 9.53. The summed E-state index contributed by atoms with van der Waals surface area (Å²) in [6, 6.07) is 43.2. The molecular formula is C44H38N2. The van der Waals surface area contributed by atoms with Crippen LogP contribution in [0.25, 0.3) is 49.4 Å². The number of benzene rings is 6. The van der Waals surface area contributed by atoms with Crippen molar-refractivity contribution in [3.8, 4) is 22.3 Å². The van der Waals surface area contributed by atoms with Crippen LogP contribution in [0.15, 0.2) is 158 Å².